The molecule has 4 aromatic carbocycles. The average Bonchev–Trinajstić information content (AvgIpc) is 1.26. The predicted octanol–water partition coefficient (Wildman–Crippen LogP) is 10.9. The van der Waals surface area contributed by atoms with E-state index in [9.17, 15) is 23.4 Å². The highest BCUT2D eigenvalue weighted by Gasteiger charge is 2.48. The molecule has 460 valence electrons. The lowest BCUT2D eigenvalue weighted by atomic mass is 9.92. The minimum Gasteiger partial charge on any atom is -0.508 e. The zero-order valence-electron chi connectivity index (χ0n) is 49.7. The SMILES string of the molecule is C#Cc1c(F)ccc2cc(O)cc(-c3nc4c5c(nc(OC)nc5c3F)N3CCCOC[C@@H]3CN4)c12.C#Cc1c(F)ccc2cc(O)cc(-c3nc4c5c(nc(OC[C@@]67CCCN6CC(C)C7)nc5c3F)N3CCCC3CN4)c12.C[C@@]12CCCN1C[C@H](F)C2. The second-order valence-electron chi connectivity index (χ2n) is 25.1. The summed E-state index contributed by atoms with van der Waals surface area (Å²) in [7, 11) is 1.41. The third kappa shape index (κ3) is 10.1. The predicted molar refractivity (Wildman–Crippen MR) is 332 cm³/mol. The number of phenols is 2. The molecule has 4 N–H and O–H groups in total. The molecule has 8 aliphatic heterocycles. The van der Waals surface area contributed by atoms with Gasteiger partial charge in [0.05, 0.1) is 47.2 Å². The summed E-state index contributed by atoms with van der Waals surface area (Å²) in [4.78, 5) is 36.9. The topological polar surface area (TPSA) is 183 Å². The number of hydrogen-bond acceptors (Lipinski definition) is 17. The smallest absolute Gasteiger partial charge is 0.319 e. The van der Waals surface area contributed by atoms with E-state index in [1.807, 2.05) is 0 Å². The summed E-state index contributed by atoms with van der Waals surface area (Å²) >= 11 is 0. The van der Waals surface area contributed by atoms with Crippen molar-refractivity contribution in [2.75, 3.05) is 99.7 Å². The number of benzene rings is 4. The van der Waals surface area contributed by atoms with E-state index in [1.165, 1.54) is 68.5 Å². The lowest BCUT2D eigenvalue weighted by Crippen LogP contribution is -2.43. The fourth-order valence-corrected chi connectivity index (χ4v) is 15.4. The van der Waals surface area contributed by atoms with Gasteiger partial charge >= 0.3 is 12.0 Å². The average molecular weight is 1220 g/mol. The highest BCUT2D eigenvalue weighted by atomic mass is 19.1. The third-order valence-electron chi connectivity index (χ3n) is 19.4. The third-order valence-corrected chi connectivity index (χ3v) is 19.4. The number of nitrogens with zero attached hydrogens (tertiary/aromatic N) is 10. The molecule has 0 amide bonds. The van der Waals surface area contributed by atoms with E-state index in [0.717, 1.165) is 71.1 Å². The lowest BCUT2D eigenvalue weighted by molar-refractivity contribution is 0.107. The number of fused-ring (bicyclic) bond motifs is 8. The maximum Gasteiger partial charge on any atom is 0.319 e. The van der Waals surface area contributed by atoms with Gasteiger partial charge in [0.15, 0.2) is 11.6 Å². The molecule has 17 nitrogen and oxygen atoms in total. The van der Waals surface area contributed by atoms with E-state index in [1.54, 1.807) is 0 Å². The Bertz CT molecular complexity index is 4280. The maximum absolute atomic E-state index is 16.8. The van der Waals surface area contributed by atoms with Gasteiger partial charge in [-0.2, -0.15) is 19.9 Å². The van der Waals surface area contributed by atoms with Crippen LogP contribution in [-0.2, 0) is 4.74 Å². The first-order valence-electron chi connectivity index (χ1n) is 30.6. The molecule has 6 fully saturated rings. The van der Waals surface area contributed by atoms with Crippen molar-refractivity contribution in [2.45, 2.75) is 101 Å². The molecule has 12 heterocycles. The number of methoxy groups -OCH3 is 1. The Kier molecular flexibility index (Phi) is 14.9. The molecular formula is C67H67F5N12O5. The zero-order valence-corrected chi connectivity index (χ0v) is 49.7. The van der Waals surface area contributed by atoms with Gasteiger partial charge in [-0.25, -0.2) is 31.9 Å². The van der Waals surface area contributed by atoms with Gasteiger partial charge in [0.25, 0.3) is 0 Å². The summed E-state index contributed by atoms with van der Waals surface area (Å²) in [5, 5.41) is 30.1. The molecule has 6 atom stereocenters. The van der Waals surface area contributed by atoms with E-state index in [4.69, 9.17) is 37.0 Å². The minimum atomic E-state index is -0.763. The van der Waals surface area contributed by atoms with E-state index in [0.29, 0.717) is 102 Å². The van der Waals surface area contributed by atoms with Gasteiger partial charge in [-0.15, -0.1) is 12.8 Å². The van der Waals surface area contributed by atoms with Crippen LogP contribution in [0.2, 0.25) is 0 Å². The number of alkyl halides is 1. The van der Waals surface area contributed by atoms with Crippen LogP contribution in [0, 0.1) is 53.9 Å². The Morgan fingerprint density at radius 1 is 0.674 bits per heavy atom. The van der Waals surface area contributed by atoms with Gasteiger partial charge in [0.2, 0.25) is 0 Å². The summed E-state index contributed by atoms with van der Waals surface area (Å²) in [6.45, 7) is 12.4. The summed E-state index contributed by atoms with van der Waals surface area (Å²) in [6.07, 6.45) is 20.0. The summed E-state index contributed by atoms with van der Waals surface area (Å²) < 4.78 is 93.0. The van der Waals surface area contributed by atoms with Crippen molar-refractivity contribution >= 4 is 66.6 Å². The quantitative estimate of drug-likeness (QED) is 0.0910. The number of terminal acetylenes is 2. The monoisotopic (exact) mass is 1210 g/mol. The first-order valence-corrected chi connectivity index (χ1v) is 30.6. The highest BCUT2D eigenvalue weighted by Crippen LogP contribution is 2.47. The number of aromatic hydroxyl groups is 2. The number of pyridine rings is 2. The maximum atomic E-state index is 16.8. The Balaban J connectivity index is 0.000000136. The fourth-order valence-electron chi connectivity index (χ4n) is 15.4. The second kappa shape index (κ2) is 22.8. The van der Waals surface area contributed by atoms with E-state index in [2.05, 4.69) is 75.9 Å². The van der Waals surface area contributed by atoms with E-state index < -0.39 is 29.4 Å². The van der Waals surface area contributed by atoms with Gasteiger partial charge in [-0.05, 0) is 131 Å². The molecule has 8 aliphatic rings. The molecule has 0 bridgehead atoms. The number of anilines is 4. The Hall–Kier alpha value is -8.57. The molecule has 0 saturated carbocycles. The summed E-state index contributed by atoms with van der Waals surface area (Å²) in [5.74, 6) is 4.29. The van der Waals surface area contributed by atoms with Crippen molar-refractivity contribution in [1.82, 2.24) is 39.7 Å². The van der Waals surface area contributed by atoms with E-state index >= 15 is 8.78 Å². The number of phenolic OH excluding ortho intramolecular Hbond substituents is 2. The first-order chi connectivity index (χ1) is 43.0. The molecule has 89 heavy (non-hydrogen) atoms. The van der Waals surface area contributed by atoms with Gasteiger partial charge in [-0.1, -0.05) is 30.9 Å². The molecule has 4 aromatic heterocycles. The summed E-state index contributed by atoms with van der Waals surface area (Å²) in [6, 6.07) is 11.3. The normalized spacial score (nSPS) is 24.2. The molecule has 0 radical (unpaired) electrons. The fraction of sp³-hybridized carbons (Fsp3) is 0.433. The van der Waals surface area contributed by atoms with Gasteiger partial charge < -0.3 is 44.9 Å². The van der Waals surface area contributed by atoms with Crippen LogP contribution in [0.25, 0.3) is 65.9 Å². The van der Waals surface area contributed by atoms with Crippen molar-refractivity contribution in [3.8, 4) is 70.7 Å². The molecule has 8 aromatic rings. The molecule has 16 rings (SSSR count). The molecule has 0 spiro atoms. The van der Waals surface area contributed by atoms with Crippen LogP contribution in [0.4, 0.5) is 45.2 Å². The van der Waals surface area contributed by atoms with Crippen LogP contribution in [-0.4, -0.2) is 159 Å². The number of rotatable bonds is 6. The lowest BCUT2D eigenvalue weighted by Gasteiger charge is -2.31. The van der Waals surface area contributed by atoms with Crippen LogP contribution < -0.4 is 29.9 Å². The van der Waals surface area contributed by atoms with Crippen LogP contribution >= 0.6 is 0 Å². The zero-order chi connectivity index (χ0) is 61.6. The molecule has 0 aliphatic carbocycles. The highest BCUT2D eigenvalue weighted by molar-refractivity contribution is 6.08. The van der Waals surface area contributed by atoms with Gasteiger partial charge in [-0.3, -0.25) is 9.80 Å². The number of hydrogen-bond donors (Lipinski definition) is 4. The van der Waals surface area contributed by atoms with Crippen molar-refractivity contribution < 1.29 is 46.4 Å². The first kappa shape index (κ1) is 58.1. The van der Waals surface area contributed by atoms with Crippen LogP contribution in [0.5, 0.6) is 23.5 Å². The van der Waals surface area contributed by atoms with Crippen LogP contribution in [0.1, 0.15) is 82.8 Å². The number of nitrogens with one attached hydrogen (secondary N) is 2. The second-order valence-corrected chi connectivity index (χ2v) is 25.1. The Morgan fingerprint density at radius 2 is 1.25 bits per heavy atom. The van der Waals surface area contributed by atoms with Crippen molar-refractivity contribution in [3.63, 3.8) is 0 Å². The largest absolute Gasteiger partial charge is 0.508 e. The number of aromatic nitrogens is 6. The molecular weight excluding hydrogens is 1150 g/mol. The summed E-state index contributed by atoms with van der Waals surface area (Å²) in [5.41, 5.74) is 0.298. The van der Waals surface area contributed by atoms with Gasteiger partial charge in [0.1, 0.15) is 81.6 Å². The minimum absolute atomic E-state index is 0.00133. The van der Waals surface area contributed by atoms with Crippen molar-refractivity contribution in [2.24, 2.45) is 5.92 Å². The Labute approximate surface area is 511 Å². The van der Waals surface area contributed by atoms with Crippen molar-refractivity contribution in [1.29, 1.82) is 0 Å². The number of halogens is 5. The molecule has 6 saturated heterocycles. The van der Waals surface area contributed by atoms with Gasteiger partial charge in [0, 0.05) is 79.4 Å². The van der Waals surface area contributed by atoms with E-state index in [-0.39, 0.29) is 96.7 Å². The molecule has 22 heteroatoms. The van der Waals surface area contributed by atoms with Crippen molar-refractivity contribution in [3.05, 3.63) is 82.9 Å². The molecule has 2 unspecified atom stereocenters. The Morgan fingerprint density at radius 3 is 1.87 bits per heavy atom. The number of ether oxygens (including phenoxy) is 3. The van der Waals surface area contributed by atoms with Crippen LogP contribution in [0.15, 0.2) is 48.5 Å². The standard InChI is InChI=1S/C33H32F2N6O2.C26H21F2N5O3.C8H14FN/c1-3-22-24(34)8-7-19-12-21(42)13-23(25(19)22)28-27(35)29-26-30(37-28)36-15-20-6-4-11-41(20)31(26)39-32(38-29)43-17-33-9-5-10-40(33)16-18(2)14-33;1-3-16-18(27)6-5-13-9-15(34)10-17(19(13)16)22-21(28)23-20-24(30-22)29-11-14-12-36-8-4-7-33(14)25(20)32-26(31-23)35-2;1-8-3-2-4-10(8)6-7(9)5-8/h1,7-8,12-13,18,20,42H,4-6,9-11,14-17H2,2H3,(H,36,37);1,5-6,9-10,14,34H,4,7-8,11-12H2,2H3,(H,29,30);7H,2-6H2,1H3/t18?,20?,33-;14-;7-,8+/m001/s1. The van der Waals surface area contributed by atoms with Crippen LogP contribution in [0.3, 0.4) is 0 Å².